The molecule has 0 amide bonds. The topological polar surface area (TPSA) is 26.0 Å². The molecule has 2 aromatic rings. The Morgan fingerprint density at radius 3 is 2.85 bits per heavy atom. The number of nitrogens with zero attached hydrogens (tertiary/aromatic N) is 1. The van der Waals surface area contributed by atoms with Gasteiger partial charge >= 0.3 is 6.43 Å². The van der Waals surface area contributed by atoms with Crippen molar-refractivity contribution in [1.29, 1.82) is 0 Å². The number of fused-ring (bicyclic) bond motifs is 1. The maximum absolute atomic E-state index is 12.1. The summed E-state index contributed by atoms with van der Waals surface area (Å²) < 4.78 is 30.1. The van der Waals surface area contributed by atoms with Crippen LogP contribution in [0.2, 0.25) is 0 Å². The fourth-order valence-corrected chi connectivity index (χ4v) is 1.49. The van der Waals surface area contributed by atoms with Crippen molar-refractivity contribution < 1.29 is 13.2 Å². The summed E-state index contributed by atoms with van der Waals surface area (Å²) in [6, 6.07) is 5.12. The summed E-state index contributed by atoms with van der Waals surface area (Å²) in [5, 5.41) is 0. The molecule has 2 rings (SSSR count). The fraction of sp³-hybridized carbons (Fsp3) is 0.125. The minimum Gasteiger partial charge on any atom is -0.435 e. The fourth-order valence-electron chi connectivity index (χ4n) is 1.01. The van der Waals surface area contributed by atoms with E-state index in [4.69, 9.17) is 4.42 Å². The first-order chi connectivity index (χ1) is 6.16. The summed E-state index contributed by atoms with van der Waals surface area (Å²) in [5.74, 6) is -0.517. The molecule has 0 fully saturated rings. The van der Waals surface area contributed by atoms with Crippen LogP contribution >= 0.6 is 22.6 Å². The van der Waals surface area contributed by atoms with Crippen LogP contribution in [-0.2, 0) is 0 Å². The van der Waals surface area contributed by atoms with E-state index < -0.39 is 12.3 Å². The van der Waals surface area contributed by atoms with Gasteiger partial charge in [0.05, 0.1) is 0 Å². The molecule has 2 nitrogen and oxygen atoms in total. The lowest BCUT2D eigenvalue weighted by molar-refractivity contribution is 0.117. The van der Waals surface area contributed by atoms with E-state index in [1.54, 1.807) is 18.2 Å². The molecule has 0 bridgehead atoms. The van der Waals surface area contributed by atoms with Gasteiger partial charge in [-0.3, -0.25) is 0 Å². The standard InChI is InChI=1S/C8H4F2INO/c9-7(10)8-12-5-3-4(11)1-2-6(5)13-8/h1-3,7H. The Kier molecular flexibility index (Phi) is 2.19. The van der Waals surface area contributed by atoms with Crippen LogP contribution in [0.15, 0.2) is 22.6 Å². The third-order valence-corrected chi connectivity index (χ3v) is 2.22. The quantitative estimate of drug-likeness (QED) is 0.754. The van der Waals surface area contributed by atoms with Crippen LogP contribution in [0.4, 0.5) is 8.78 Å². The molecule has 0 radical (unpaired) electrons. The van der Waals surface area contributed by atoms with Gasteiger partial charge < -0.3 is 4.42 Å². The second-order valence-electron chi connectivity index (χ2n) is 2.46. The van der Waals surface area contributed by atoms with Gasteiger partial charge in [0.1, 0.15) is 5.52 Å². The van der Waals surface area contributed by atoms with E-state index in [2.05, 4.69) is 27.6 Å². The zero-order valence-electron chi connectivity index (χ0n) is 6.30. The zero-order chi connectivity index (χ0) is 9.42. The van der Waals surface area contributed by atoms with Gasteiger partial charge in [0.2, 0.25) is 0 Å². The first-order valence-corrected chi connectivity index (χ1v) is 4.59. The Balaban J connectivity index is 2.62. The van der Waals surface area contributed by atoms with Gasteiger partial charge in [-0.1, -0.05) is 0 Å². The maximum Gasteiger partial charge on any atom is 0.313 e. The minimum absolute atomic E-state index is 0.399. The molecule has 0 aliphatic rings. The molecule has 0 saturated heterocycles. The Morgan fingerprint density at radius 2 is 2.15 bits per heavy atom. The number of halogens is 3. The monoisotopic (exact) mass is 295 g/mol. The van der Waals surface area contributed by atoms with Crippen LogP contribution in [0.3, 0.4) is 0 Å². The number of aromatic nitrogens is 1. The Labute approximate surface area is 86.1 Å². The molecular formula is C8H4F2INO. The van der Waals surface area contributed by atoms with Gasteiger partial charge in [-0.25, -0.2) is 4.98 Å². The van der Waals surface area contributed by atoms with Crippen LogP contribution in [0.25, 0.3) is 11.1 Å². The van der Waals surface area contributed by atoms with E-state index >= 15 is 0 Å². The highest BCUT2D eigenvalue weighted by Gasteiger charge is 2.15. The van der Waals surface area contributed by atoms with E-state index in [-0.39, 0.29) is 0 Å². The molecule has 13 heavy (non-hydrogen) atoms. The molecule has 0 aliphatic carbocycles. The molecule has 1 heterocycles. The maximum atomic E-state index is 12.1. The van der Waals surface area contributed by atoms with Gasteiger partial charge in [0.25, 0.3) is 5.89 Å². The van der Waals surface area contributed by atoms with Gasteiger partial charge in [-0.05, 0) is 40.8 Å². The van der Waals surface area contributed by atoms with Crippen LogP contribution in [0, 0.1) is 3.57 Å². The Bertz CT molecular complexity index is 441. The highest BCUT2D eigenvalue weighted by atomic mass is 127. The Morgan fingerprint density at radius 1 is 1.38 bits per heavy atom. The van der Waals surface area contributed by atoms with E-state index in [1.807, 2.05) is 0 Å². The van der Waals surface area contributed by atoms with E-state index in [1.165, 1.54) is 0 Å². The molecule has 0 unspecified atom stereocenters. The summed E-state index contributed by atoms with van der Waals surface area (Å²) in [5.41, 5.74) is 0.873. The Hall–Kier alpha value is -0.720. The molecule has 1 aromatic carbocycles. The molecule has 5 heteroatoms. The van der Waals surface area contributed by atoms with Crippen molar-refractivity contribution in [2.24, 2.45) is 0 Å². The second-order valence-corrected chi connectivity index (χ2v) is 3.71. The number of rotatable bonds is 1. The van der Waals surface area contributed by atoms with Gasteiger partial charge in [0.15, 0.2) is 5.58 Å². The van der Waals surface area contributed by atoms with Crippen molar-refractivity contribution >= 4 is 33.7 Å². The lowest BCUT2D eigenvalue weighted by Crippen LogP contribution is -1.80. The second kappa shape index (κ2) is 3.21. The lowest BCUT2D eigenvalue weighted by Gasteiger charge is -1.86. The van der Waals surface area contributed by atoms with Crippen LogP contribution in [0.5, 0.6) is 0 Å². The van der Waals surface area contributed by atoms with Crippen molar-refractivity contribution in [2.45, 2.75) is 6.43 Å². The predicted octanol–water partition coefficient (Wildman–Crippen LogP) is 3.37. The lowest BCUT2D eigenvalue weighted by atomic mass is 10.3. The summed E-state index contributed by atoms with van der Waals surface area (Å²) in [4.78, 5) is 3.65. The van der Waals surface area contributed by atoms with Crippen molar-refractivity contribution in [3.05, 3.63) is 27.7 Å². The normalized spacial score (nSPS) is 11.4. The van der Waals surface area contributed by atoms with E-state index in [0.29, 0.717) is 11.1 Å². The average Bonchev–Trinajstić information content (AvgIpc) is 2.46. The van der Waals surface area contributed by atoms with Crippen LogP contribution in [-0.4, -0.2) is 4.98 Å². The zero-order valence-corrected chi connectivity index (χ0v) is 8.46. The molecule has 0 saturated carbocycles. The number of hydrogen-bond acceptors (Lipinski definition) is 2. The average molecular weight is 295 g/mol. The molecule has 68 valence electrons. The summed E-state index contributed by atoms with van der Waals surface area (Å²) >= 11 is 2.09. The largest absolute Gasteiger partial charge is 0.435 e. The van der Waals surface area contributed by atoms with Gasteiger partial charge in [0, 0.05) is 3.57 Å². The van der Waals surface area contributed by atoms with Crippen molar-refractivity contribution in [2.75, 3.05) is 0 Å². The number of oxazole rings is 1. The highest BCUT2D eigenvalue weighted by Crippen LogP contribution is 2.24. The first-order valence-electron chi connectivity index (χ1n) is 3.51. The van der Waals surface area contributed by atoms with E-state index in [9.17, 15) is 8.78 Å². The van der Waals surface area contributed by atoms with Crippen LogP contribution < -0.4 is 0 Å². The van der Waals surface area contributed by atoms with Gasteiger partial charge in [-0.15, -0.1) is 0 Å². The number of alkyl halides is 2. The van der Waals surface area contributed by atoms with Crippen molar-refractivity contribution in [1.82, 2.24) is 4.98 Å². The summed E-state index contributed by atoms with van der Waals surface area (Å²) in [7, 11) is 0. The molecule has 0 atom stereocenters. The molecular weight excluding hydrogens is 291 g/mol. The smallest absolute Gasteiger partial charge is 0.313 e. The number of benzene rings is 1. The SMILES string of the molecule is FC(F)c1nc2cc(I)ccc2o1. The molecule has 1 aromatic heterocycles. The van der Waals surface area contributed by atoms with Crippen LogP contribution in [0.1, 0.15) is 12.3 Å². The third-order valence-electron chi connectivity index (χ3n) is 1.55. The van der Waals surface area contributed by atoms with Crippen molar-refractivity contribution in [3.63, 3.8) is 0 Å². The van der Waals surface area contributed by atoms with E-state index in [0.717, 1.165) is 3.57 Å². The predicted molar refractivity (Wildman–Crippen MR) is 51.7 cm³/mol. The molecule has 0 N–H and O–H groups in total. The van der Waals surface area contributed by atoms with Crippen molar-refractivity contribution in [3.8, 4) is 0 Å². The molecule has 0 aliphatic heterocycles. The first kappa shape index (κ1) is 8.86. The molecule has 0 spiro atoms. The van der Waals surface area contributed by atoms with Gasteiger partial charge in [-0.2, -0.15) is 8.78 Å². The number of hydrogen-bond donors (Lipinski definition) is 0. The highest BCUT2D eigenvalue weighted by molar-refractivity contribution is 14.1. The minimum atomic E-state index is -2.65. The summed E-state index contributed by atoms with van der Waals surface area (Å²) in [6.45, 7) is 0. The summed E-state index contributed by atoms with van der Waals surface area (Å²) in [6.07, 6.45) is -2.65. The third kappa shape index (κ3) is 1.65.